The summed E-state index contributed by atoms with van der Waals surface area (Å²) in [6.07, 6.45) is -0.570. The third kappa shape index (κ3) is 5.24. The number of hydrogen-bond donors (Lipinski definition) is 3. The van der Waals surface area contributed by atoms with Crippen molar-refractivity contribution < 1.29 is 19.5 Å². The zero-order chi connectivity index (χ0) is 16.3. The molecule has 6 heteroatoms. The first-order valence-corrected chi connectivity index (χ1v) is 6.70. The first kappa shape index (κ1) is 17.3. The number of phenolic OH excluding ortho intramolecular Hbond substituents is 1. The van der Waals surface area contributed by atoms with Crippen LogP contribution in [0.25, 0.3) is 0 Å². The minimum atomic E-state index is -0.577. The smallest absolute Gasteiger partial charge is 0.412 e. The molecule has 118 valence electrons. The quantitative estimate of drug-likeness (QED) is 0.743. The van der Waals surface area contributed by atoms with E-state index in [-0.39, 0.29) is 12.4 Å². The molecule has 0 aliphatic heterocycles. The van der Waals surface area contributed by atoms with Crippen LogP contribution in [0.5, 0.6) is 5.75 Å². The van der Waals surface area contributed by atoms with Crippen molar-refractivity contribution in [3.63, 3.8) is 0 Å². The Morgan fingerprint density at radius 3 is 2.38 bits per heavy atom. The molecule has 0 bridgehead atoms. The maximum atomic E-state index is 11.7. The van der Waals surface area contributed by atoms with Crippen molar-refractivity contribution in [2.45, 2.75) is 45.6 Å². The molecule has 0 aliphatic rings. The Bertz CT molecular complexity index is 507. The Labute approximate surface area is 125 Å². The highest BCUT2D eigenvalue weighted by Crippen LogP contribution is 2.33. The van der Waals surface area contributed by atoms with Gasteiger partial charge in [-0.05, 0) is 26.8 Å². The van der Waals surface area contributed by atoms with E-state index in [0.29, 0.717) is 11.3 Å². The van der Waals surface area contributed by atoms with E-state index in [0.717, 1.165) is 0 Å². The number of carbonyl (C=O) groups is 1. The average Bonchev–Trinajstić information content (AvgIpc) is 2.25. The Hall–Kier alpha value is -1.79. The summed E-state index contributed by atoms with van der Waals surface area (Å²) in [4.78, 5) is 16.3. The Morgan fingerprint density at radius 1 is 1.29 bits per heavy atom. The Balaban J connectivity index is 2.86. The number of phenols is 1. The van der Waals surface area contributed by atoms with Gasteiger partial charge in [0.15, 0.2) is 0 Å². The molecule has 0 saturated carbocycles. The molecule has 1 aromatic rings. The second-order valence-electron chi connectivity index (χ2n) is 6.55. The van der Waals surface area contributed by atoms with Gasteiger partial charge in [0.25, 0.3) is 0 Å². The molecule has 1 aromatic carbocycles. The summed E-state index contributed by atoms with van der Waals surface area (Å²) in [7, 11) is 0. The molecule has 0 aliphatic carbocycles. The number of nitrogens with one attached hydrogen (secondary N) is 1. The van der Waals surface area contributed by atoms with Crippen molar-refractivity contribution in [3.8, 4) is 5.75 Å². The van der Waals surface area contributed by atoms with Gasteiger partial charge in [-0.3, -0.25) is 5.32 Å². The first-order chi connectivity index (χ1) is 9.55. The molecule has 4 N–H and O–H groups in total. The molecular formula is C15H24N2O4. The SMILES string of the molecule is CC(C)(C)OC(=O)Nc1ccc(C(C)(C)CON)c(O)c1. The highest BCUT2D eigenvalue weighted by Gasteiger charge is 2.25. The molecule has 0 atom stereocenters. The number of ether oxygens (including phenoxy) is 1. The lowest BCUT2D eigenvalue weighted by atomic mass is 9.85. The Morgan fingerprint density at radius 2 is 1.90 bits per heavy atom. The number of anilines is 1. The van der Waals surface area contributed by atoms with Crippen molar-refractivity contribution in [2.24, 2.45) is 5.90 Å². The largest absolute Gasteiger partial charge is 0.508 e. The average molecular weight is 296 g/mol. The molecule has 1 amide bonds. The normalized spacial score (nSPS) is 12.1. The van der Waals surface area contributed by atoms with E-state index in [1.165, 1.54) is 6.07 Å². The van der Waals surface area contributed by atoms with Crippen LogP contribution in [-0.4, -0.2) is 23.4 Å². The van der Waals surface area contributed by atoms with Gasteiger partial charge >= 0.3 is 6.09 Å². The van der Waals surface area contributed by atoms with Crippen molar-refractivity contribution >= 4 is 11.8 Å². The van der Waals surface area contributed by atoms with Gasteiger partial charge in [0.05, 0.1) is 6.61 Å². The van der Waals surface area contributed by atoms with Crippen LogP contribution in [-0.2, 0) is 15.0 Å². The van der Waals surface area contributed by atoms with Gasteiger partial charge in [0.1, 0.15) is 11.4 Å². The summed E-state index contributed by atoms with van der Waals surface area (Å²) in [5, 5.41) is 12.7. The van der Waals surface area contributed by atoms with E-state index in [1.54, 1.807) is 32.9 Å². The van der Waals surface area contributed by atoms with E-state index < -0.39 is 17.1 Å². The number of amides is 1. The van der Waals surface area contributed by atoms with Crippen molar-refractivity contribution in [1.82, 2.24) is 0 Å². The highest BCUT2D eigenvalue weighted by atomic mass is 16.6. The minimum Gasteiger partial charge on any atom is -0.508 e. The summed E-state index contributed by atoms with van der Waals surface area (Å²) in [5.41, 5.74) is 0.119. The molecule has 0 unspecified atom stereocenters. The van der Waals surface area contributed by atoms with Gasteiger partial charge in [0, 0.05) is 22.7 Å². The zero-order valence-corrected chi connectivity index (χ0v) is 13.2. The predicted molar refractivity (Wildman–Crippen MR) is 81.1 cm³/mol. The molecule has 0 spiro atoms. The second-order valence-corrected chi connectivity index (χ2v) is 6.55. The van der Waals surface area contributed by atoms with Gasteiger partial charge in [-0.2, -0.15) is 0 Å². The van der Waals surface area contributed by atoms with Gasteiger partial charge in [0.2, 0.25) is 0 Å². The first-order valence-electron chi connectivity index (χ1n) is 6.70. The summed E-state index contributed by atoms with van der Waals surface area (Å²) >= 11 is 0. The fourth-order valence-electron chi connectivity index (χ4n) is 1.89. The number of rotatable bonds is 4. The molecular weight excluding hydrogens is 272 g/mol. The van der Waals surface area contributed by atoms with E-state index in [1.807, 2.05) is 13.8 Å². The van der Waals surface area contributed by atoms with Crippen molar-refractivity contribution in [1.29, 1.82) is 0 Å². The van der Waals surface area contributed by atoms with Crippen LogP contribution >= 0.6 is 0 Å². The van der Waals surface area contributed by atoms with Crippen LogP contribution in [0.2, 0.25) is 0 Å². The second kappa shape index (κ2) is 6.32. The lowest BCUT2D eigenvalue weighted by molar-refractivity contribution is 0.0636. The lowest BCUT2D eigenvalue weighted by Crippen LogP contribution is -2.27. The van der Waals surface area contributed by atoms with Gasteiger partial charge in [-0.1, -0.05) is 19.9 Å². The lowest BCUT2D eigenvalue weighted by Gasteiger charge is -2.25. The molecule has 0 fully saturated rings. The van der Waals surface area contributed by atoms with Gasteiger partial charge in [-0.25, -0.2) is 10.7 Å². The standard InChI is InChI=1S/C15H24N2O4/c1-14(2,3)21-13(19)17-10-6-7-11(12(18)8-10)15(4,5)9-20-16/h6-8,18H,9,16H2,1-5H3,(H,17,19). The molecule has 21 heavy (non-hydrogen) atoms. The van der Waals surface area contributed by atoms with Crippen LogP contribution < -0.4 is 11.2 Å². The molecule has 0 saturated heterocycles. The van der Waals surface area contributed by atoms with E-state index in [9.17, 15) is 9.90 Å². The molecule has 0 radical (unpaired) electrons. The van der Waals surface area contributed by atoms with Crippen LogP contribution in [0, 0.1) is 0 Å². The number of carbonyl (C=O) groups excluding carboxylic acids is 1. The highest BCUT2D eigenvalue weighted by molar-refractivity contribution is 5.85. The van der Waals surface area contributed by atoms with Crippen molar-refractivity contribution in [2.75, 3.05) is 11.9 Å². The third-order valence-electron chi connectivity index (χ3n) is 2.82. The predicted octanol–water partition coefficient (Wildman–Crippen LogP) is 2.91. The minimum absolute atomic E-state index is 0.0607. The number of aromatic hydroxyl groups is 1. The summed E-state index contributed by atoms with van der Waals surface area (Å²) in [6, 6.07) is 4.88. The number of benzene rings is 1. The number of hydrogen-bond acceptors (Lipinski definition) is 5. The maximum absolute atomic E-state index is 11.7. The zero-order valence-electron chi connectivity index (χ0n) is 13.2. The molecule has 0 heterocycles. The fourth-order valence-corrected chi connectivity index (χ4v) is 1.89. The van der Waals surface area contributed by atoms with E-state index in [4.69, 9.17) is 10.6 Å². The van der Waals surface area contributed by atoms with Crippen LogP contribution in [0.4, 0.5) is 10.5 Å². The maximum Gasteiger partial charge on any atom is 0.412 e. The summed E-state index contributed by atoms with van der Waals surface area (Å²) in [6.45, 7) is 9.40. The van der Waals surface area contributed by atoms with E-state index >= 15 is 0 Å². The fraction of sp³-hybridized carbons (Fsp3) is 0.533. The van der Waals surface area contributed by atoms with Crippen molar-refractivity contribution in [3.05, 3.63) is 23.8 Å². The summed E-state index contributed by atoms with van der Waals surface area (Å²) in [5.74, 6) is 5.16. The summed E-state index contributed by atoms with van der Waals surface area (Å²) < 4.78 is 5.15. The molecule has 0 aromatic heterocycles. The monoisotopic (exact) mass is 296 g/mol. The van der Waals surface area contributed by atoms with E-state index in [2.05, 4.69) is 10.2 Å². The topological polar surface area (TPSA) is 93.8 Å². The van der Waals surface area contributed by atoms with Crippen LogP contribution in [0.1, 0.15) is 40.2 Å². The van der Waals surface area contributed by atoms with Gasteiger partial charge in [-0.15, -0.1) is 0 Å². The number of nitrogens with two attached hydrogens (primary N) is 1. The van der Waals surface area contributed by atoms with Gasteiger partial charge < -0.3 is 14.7 Å². The Kier molecular flexibility index (Phi) is 5.20. The van der Waals surface area contributed by atoms with Crippen LogP contribution in [0.15, 0.2) is 18.2 Å². The molecule has 1 rings (SSSR count). The van der Waals surface area contributed by atoms with Crippen LogP contribution in [0.3, 0.4) is 0 Å². The third-order valence-corrected chi connectivity index (χ3v) is 2.82. The molecule has 6 nitrogen and oxygen atoms in total.